The second-order valence-electron chi connectivity index (χ2n) is 5.61. The van der Waals surface area contributed by atoms with Crippen molar-refractivity contribution in [2.75, 3.05) is 0 Å². The van der Waals surface area contributed by atoms with Crippen LogP contribution in [0.2, 0.25) is 0 Å². The zero-order valence-electron chi connectivity index (χ0n) is 10.6. The van der Waals surface area contributed by atoms with Gasteiger partial charge in [-0.15, -0.1) is 0 Å². The Morgan fingerprint density at radius 3 is 2.39 bits per heavy atom. The molecule has 0 saturated carbocycles. The SMILES string of the molecule is CC1(C)C=CC(C(=O)c2ccccc2)C(O)(O)C1. The molecule has 3 heteroatoms. The molecule has 0 radical (unpaired) electrons. The topological polar surface area (TPSA) is 57.5 Å². The van der Waals surface area contributed by atoms with E-state index in [2.05, 4.69) is 0 Å². The average Bonchev–Trinajstić information content (AvgIpc) is 2.27. The summed E-state index contributed by atoms with van der Waals surface area (Å²) < 4.78 is 0. The molecular weight excluding hydrogens is 228 g/mol. The van der Waals surface area contributed by atoms with E-state index in [1.54, 1.807) is 30.3 Å². The molecule has 0 amide bonds. The number of benzene rings is 1. The number of hydrogen-bond acceptors (Lipinski definition) is 3. The lowest BCUT2D eigenvalue weighted by atomic mass is 9.73. The van der Waals surface area contributed by atoms with Crippen molar-refractivity contribution in [3.8, 4) is 0 Å². The van der Waals surface area contributed by atoms with Crippen LogP contribution in [0, 0.1) is 11.3 Å². The van der Waals surface area contributed by atoms with Gasteiger partial charge < -0.3 is 10.2 Å². The van der Waals surface area contributed by atoms with E-state index < -0.39 is 11.7 Å². The van der Waals surface area contributed by atoms with E-state index in [0.717, 1.165) is 0 Å². The van der Waals surface area contributed by atoms with Gasteiger partial charge in [-0.05, 0) is 5.41 Å². The Morgan fingerprint density at radius 1 is 1.22 bits per heavy atom. The van der Waals surface area contributed by atoms with E-state index >= 15 is 0 Å². The maximum Gasteiger partial charge on any atom is 0.177 e. The molecule has 3 nitrogen and oxygen atoms in total. The fourth-order valence-electron chi connectivity index (χ4n) is 2.43. The minimum atomic E-state index is -1.98. The molecule has 18 heavy (non-hydrogen) atoms. The van der Waals surface area contributed by atoms with Gasteiger partial charge in [-0.3, -0.25) is 4.79 Å². The van der Waals surface area contributed by atoms with E-state index in [0.29, 0.717) is 5.56 Å². The highest BCUT2D eigenvalue weighted by molar-refractivity contribution is 5.99. The molecule has 1 aliphatic carbocycles. The second-order valence-corrected chi connectivity index (χ2v) is 5.61. The van der Waals surface area contributed by atoms with Crippen LogP contribution in [0.25, 0.3) is 0 Å². The standard InChI is InChI=1S/C15H18O3/c1-14(2)9-8-12(15(17,18)10-14)13(16)11-6-4-3-5-7-11/h3-9,12,17-18H,10H2,1-2H3. The molecule has 1 aromatic rings. The van der Waals surface area contributed by atoms with Crippen molar-refractivity contribution < 1.29 is 15.0 Å². The molecule has 0 heterocycles. The first-order chi connectivity index (χ1) is 8.32. The van der Waals surface area contributed by atoms with Gasteiger partial charge in [-0.2, -0.15) is 0 Å². The van der Waals surface area contributed by atoms with Gasteiger partial charge in [-0.25, -0.2) is 0 Å². The van der Waals surface area contributed by atoms with Crippen molar-refractivity contribution in [2.45, 2.75) is 26.1 Å². The van der Waals surface area contributed by atoms with Crippen LogP contribution >= 0.6 is 0 Å². The summed E-state index contributed by atoms with van der Waals surface area (Å²) >= 11 is 0. The van der Waals surface area contributed by atoms with Gasteiger partial charge in [0.1, 0.15) is 0 Å². The minimum absolute atomic E-state index is 0.153. The number of Topliss-reactive ketones (excluding diaryl/α,β-unsaturated/α-hetero) is 1. The summed E-state index contributed by atoms with van der Waals surface area (Å²) in [4.78, 5) is 12.3. The van der Waals surface area contributed by atoms with Crippen LogP contribution in [-0.4, -0.2) is 21.8 Å². The van der Waals surface area contributed by atoms with Gasteiger partial charge in [0.15, 0.2) is 11.6 Å². The summed E-state index contributed by atoms with van der Waals surface area (Å²) in [6.07, 6.45) is 3.64. The molecule has 1 aromatic carbocycles. The molecule has 1 unspecified atom stereocenters. The molecule has 1 atom stereocenters. The number of allylic oxidation sites excluding steroid dienone is 1. The van der Waals surface area contributed by atoms with Crippen molar-refractivity contribution in [2.24, 2.45) is 11.3 Å². The number of carbonyl (C=O) groups excluding carboxylic acids is 1. The van der Waals surface area contributed by atoms with Gasteiger partial charge in [0.2, 0.25) is 0 Å². The average molecular weight is 246 g/mol. The molecule has 2 N–H and O–H groups in total. The lowest BCUT2D eigenvalue weighted by Crippen LogP contribution is -2.46. The second kappa shape index (κ2) is 4.34. The zero-order chi connectivity index (χ0) is 13.4. The summed E-state index contributed by atoms with van der Waals surface area (Å²) in [7, 11) is 0. The summed E-state index contributed by atoms with van der Waals surface area (Å²) in [5, 5.41) is 20.2. The predicted octanol–water partition coefficient (Wildman–Crippen LogP) is 2.15. The van der Waals surface area contributed by atoms with E-state index in [4.69, 9.17) is 0 Å². The Morgan fingerprint density at radius 2 is 1.83 bits per heavy atom. The lowest BCUT2D eigenvalue weighted by Gasteiger charge is -2.38. The van der Waals surface area contributed by atoms with Gasteiger partial charge in [-0.1, -0.05) is 56.3 Å². The van der Waals surface area contributed by atoms with Crippen molar-refractivity contribution in [3.63, 3.8) is 0 Å². The normalized spacial score (nSPS) is 24.8. The summed E-state index contributed by atoms with van der Waals surface area (Å²) in [6, 6.07) is 8.72. The van der Waals surface area contributed by atoms with E-state index in [9.17, 15) is 15.0 Å². The first-order valence-electron chi connectivity index (χ1n) is 6.05. The van der Waals surface area contributed by atoms with Gasteiger partial charge >= 0.3 is 0 Å². The van der Waals surface area contributed by atoms with Crippen molar-refractivity contribution in [1.29, 1.82) is 0 Å². The number of ketones is 1. The van der Waals surface area contributed by atoms with E-state index in [1.807, 2.05) is 26.0 Å². The van der Waals surface area contributed by atoms with Crippen LogP contribution in [0.4, 0.5) is 0 Å². The fraction of sp³-hybridized carbons (Fsp3) is 0.400. The number of carbonyl (C=O) groups is 1. The Bertz CT molecular complexity index is 472. The quantitative estimate of drug-likeness (QED) is 0.477. The monoisotopic (exact) mass is 246 g/mol. The van der Waals surface area contributed by atoms with Crippen LogP contribution in [0.3, 0.4) is 0 Å². The molecular formula is C15H18O3. The Kier molecular flexibility index (Phi) is 3.13. The summed E-state index contributed by atoms with van der Waals surface area (Å²) in [6.45, 7) is 3.82. The Balaban J connectivity index is 2.32. The first-order valence-corrected chi connectivity index (χ1v) is 6.05. The minimum Gasteiger partial charge on any atom is -0.365 e. The Hall–Kier alpha value is -1.45. The molecule has 2 rings (SSSR count). The van der Waals surface area contributed by atoms with Crippen molar-refractivity contribution >= 4 is 5.78 Å². The highest BCUT2D eigenvalue weighted by Crippen LogP contribution is 2.39. The van der Waals surface area contributed by atoms with Crippen LogP contribution < -0.4 is 0 Å². The molecule has 1 aliphatic rings. The summed E-state index contributed by atoms with van der Waals surface area (Å²) in [5.41, 5.74) is 0.191. The highest BCUT2D eigenvalue weighted by atomic mass is 16.5. The maximum absolute atomic E-state index is 12.3. The van der Waals surface area contributed by atoms with Crippen LogP contribution in [0.15, 0.2) is 42.5 Å². The molecule has 0 saturated heterocycles. The third-order valence-electron chi connectivity index (χ3n) is 3.29. The van der Waals surface area contributed by atoms with Crippen molar-refractivity contribution in [1.82, 2.24) is 0 Å². The molecule has 0 aliphatic heterocycles. The lowest BCUT2D eigenvalue weighted by molar-refractivity contribution is -0.198. The fourth-order valence-corrected chi connectivity index (χ4v) is 2.43. The molecule has 0 fully saturated rings. The van der Waals surface area contributed by atoms with Gasteiger partial charge in [0, 0.05) is 12.0 Å². The molecule has 96 valence electrons. The number of aliphatic hydroxyl groups is 2. The molecule has 0 bridgehead atoms. The van der Waals surface area contributed by atoms with E-state index in [-0.39, 0.29) is 17.6 Å². The maximum atomic E-state index is 12.3. The van der Waals surface area contributed by atoms with Gasteiger partial charge in [0.25, 0.3) is 0 Å². The van der Waals surface area contributed by atoms with Crippen LogP contribution in [-0.2, 0) is 0 Å². The first kappa shape index (κ1) is 13.0. The third-order valence-corrected chi connectivity index (χ3v) is 3.29. The van der Waals surface area contributed by atoms with E-state index in [1.165, 1.54) is 0 Å². The van der Waals surface area contributed by atoms with Crippen molar-refractivity contribution in [3.05, 3.63) is 48.0 Å². The number of hydrogen-bond donors (Lipinski definition) is 2. The van der Waals surface area contributed by atoms with Crippen LogP contribution in [0.1, 0.15) is 30.6 Å². The van der Waals surface area contributed by atoms with Crippen LogP contribution in [0.5, 0.6) is 0 Å². The predicted molar refractivity (Wildman–Crippen MR) is 69.0 cm³/mol. The molecule has 0 aromatic heterocycles. The number of rotatable bonds is 2. The van der Waals surface area contributed by atoms with Gasteiger partial charge in [0.05, 0.1) is 5.92 Å². The summed E-state index contributed by atoms with van der Waals surface area (Å²) in [5.74, 6) is -3.13. The highest BCUT2D eigenvalue weighted by Gasteiger charge is 2.44. The smallest absolute Gasteiger partial charge is 0.177 e. The largest absolute Gasteiger partial charge is 0.365 e. The molecule has 0 spiro atoms. The zero-order valence-corrected chi connectivity index (χ0v) is 10.6. The third kappa shape index (κ3) is 2.52. The Labute approximate surface area is 107 Å².